The Balaban J connectivity index is 0.00000107. The van der Waals surface area contributed by atoms with Crippen LogP contribution in [0.5, 0.6) is 11.5 Å². The summed E-state index contributed by atoms with van der Waals surface area (Å²) in [4.78, 5) is 27.0. The van der Waals surface area contributed by atoms with Crippen LogP contribution in [-0.2, 0) is 22.7 Å². The molecule has 164 valence electrons. The monoisotopic (exact) mass is 425 g/mol. The van der Waals surface area contributed by atoms with Gasteiger partial charge in [-0.1, -0.05) is 18.2 Å². The van der Waals surface area contributed by atoms with E-state index in [1.165, 1.54) is 0 Å². The minimum absolute atomic E-state index is 0.0280. The molecule has 1 amide bonds. The van der Waals surface area contributed by atoms with Gasteiger partial charge in [-0.15, -0.1) is 0 Å². The number of carbonyl (C=O) groups excluding carboxylic acids is 1. The van der Waals surface area contributed by atoms with Gasteiger partial charge in [-0.2, -0.15) is 0 Å². The van der Waals surface area contributed by atoms with Crippen LogP contribution in [0.2, 0.25) is 0 Å². The molecule has 0 unspecified atom stereocenters. The van der Waals surface area contributed by atoms with E-state index in [1.807, 2.05) is 54.4 Å². The van der Waals surface area contributed by atoms with Gasteiger partial charge in [0, 0.05) is 24.7 Å². The van der Waals surface area contributed by atoms with Gasteiger partial charge in [-0.05, 0) is 48.5 Å². The maximum absolute atomic E-state index is 12.3. The first kappa shape index (κ1) is 23.6. The van der Waals surface area contributed by atoms with Gasteiger partial charge in [0.25, 0.3) is 6.47 Å². The number of rotatable bonds is 8. The van der Waals surface area contributed by atoms with Crippen molar-refractivity contribution in [2.24, 2.45) is 0 Å². The van der Waals surface area contributed by atoms with Crippen LogP contribution in [0.3, 0.4) is 0 Å². The molecule has 0 aliphatic carbocycles. The van der Waals surface area contributed by atoms with E-state index in [4.69, 9.17) is 19.4 Å². The molecule has 0 spiro atoms. The largest absolute Gasteiger partial charge is 0.493 e. The quantitative estimate of drug-likeness (QED) is 0.535. The van der Waals surface area contributed by atoms with Crippen molar-refractivity contribution in [1.29, 1.82) is 0 Å². The molecule has 2 aromatic carbocycles. The van der Waals surface area contributed by atoms with Gasteiger partial charge in [0.1, 0.15) is 0 Å². The lowest BCUT2D eigenvalue weighted by Gasteiger charge is -2.17. The topological polar surface area (TPSA) is 101 Å². The third kappa shape index (κ3) is 7.27. The van der Waals surface area contributed by atoms with Gasteiger partial charge in [0.2, 0.25) is 5.91 Å². The molecule has 8 heteroatoms. The van der Waals surface area contributed by atoms with Crippen LogP contribution >= 0.6 is 0 Å². The number of hydrogen-bond acceptors (Lipinski definition) is 6. The van der Waals surface area contributed by atoms with E-state index in [9.17, 15) is 4.79 Å². The fourth-order valence-electron chi connectivity index (χ4n) is 3.08. The van der Waals surface area contributed by atoms with E-state index in [-0.39, 0.29) is 12.4 Å². The Kier molecular flexibility index (Phi) is 9.25. The van der Waals surface area contributed by atoms with Crippen LogP contribution < -0.4 is 14.8 Å². The summed E-state index contributed by atoms with van der Waals surface area (Å²) in [6.07, 6.45) is 1.79. The average molecular weight is 425 g/mol. The SMILES string of the molecule is COc1ccc(CNC(=O)CN(C)Cc2ccc3ncccc3c2)cc1OC.O=CO. The van der Waals surface area contributed by atoms with E-state index in [2.05, 4.69) is 16.4 Å². The first-order chi connectivity index (χ1) is 15.0. The van der Waals surface area contributed by atoms with Crippen molar-refractivity contribution >= 4 is 23.3 Å². The number of methoxy groups -OCH3 is 2. The van der Waals surface area contributed by atoms with Crippen molar-refractivity contribution in [3.05, 3.63) is 65.9 Å². The van der Waals surface area contributed by atoms with Crippen molar-refractivity contribution in [2.45, 2.75) is 13.1 Å². The molecule has 2 N–H and O–H groups in total. The number of benzene rings is 2. The normalized spacial score (nSPS) is 10.2. The van der Waals surface area contributed by atoms with Crippen LogP contribution in [0.1, 0.15) is 11.1 Å². The first-order valence-electron chi connectivity index (χ1n) is 9.58. The van der Waals surface area contributed by atoms with Crippen molar-refractivity contribution in [3.63, 3.8) is 0 Å². The molecule has 8 nitrogen and oxygen atoms in total. The van der Waals surface area contributed by atoms with Crippen molar-refractivity contribution in [3.8, 4) is 11.5 Å². The second-order valence-electron chi connectivity index (χ2n) is 6.77. The summed E-state index contributed by atoms with van der Waals surface area (Å²) in [7, 11) is 5.13. The van der Waals surface area contributed by atoms with Crippen LogP contribution in [0, 0.1) is 0 Å². The average Bonchev–Trinajstić information content (AvgIpc) is 2.77. The number of fused-ring (bicyclic) bond motifs is 1. The summed E-state index contributed by atoms with van der Waals surface area (Å²) < 4.78 is 10.5. The second kappa shape index (κ2) is 12.1. The maximum Gasteiger partial charge on any atom is 0.290 e. The maximum atomic E-state index is 12.3. The number of carboxylic acid groups (broad SMARTS) is 1. The number of carbonyl (C=O) groups is 2. The molecule has 0 radical (unpaired) electrons. The van der Waals surface area contributed by atoms with Gasteiger partial charge >= 0.3 is 0 Å². The predicted molar refractivity (Wildman–Crippen MR) is 118 cm³/mol. The molecule has 1 aromatic heterocycles. The molecule has 0 saturated carbocycles. The predicted octanol–water partition coefficient (Wildman–Crippen LogP) is 2.70. The number of aromatic nitrogens is 1. The molecular weight excluding hydrogens is 398 g/mol. The highest BCUT2D eigenvalue weighted by molar-refractivity contribution is 5.79. The van der Waals surface area contributed by atoms with Crippen LogP contribution in [-0.4, -0.2) is 55.2 Å². The fraction of sp³-hybridized carbons (Fsp3) is 0.261. The molecule has 3 aromatic rings. The molecule has 1 heterocycles. The van der Waals surface area contributed by atoms with Crippen molar-refractivity contribution < 1.29 is 24.2 Å². The standard InChI is InChI=1S/C22H25N3O3.CH2O2/c1-25(14-17-6-8-19-18(11-17)5-4-10-23-19)15-22(26)24-13-16-7-9-20(27-2)21(12-16)28-3;2-1-3/h4-12H,13-15H2,1-3H3,(H,24,26);1H,(H,2,3). The van der Waals surface area contributed by atoms with E-state index in [0.717, 1.165) is 22.0 Å². The second-order valence-corrected chi connectivity index (χ2v) is 6.77. The lowest BCUT2D eigenvalue weighted by Crippen LogP contribution is -2.34. The number of pyridine rings is 1. The number of nitrogens with zero attached hydrogens (tertiary/aromatic N) is 2. The van der Waals surface area contributed by atoms with Gasteiger partial charge < -0.3 is 19.9 Å². The molecule has 0 saturated heterocycles. The summed E-state index contributed by atoms with van der Waals surface area (Å²) in [5, 5.41) is 10.9. The lowest BCUT2D eigenvalue weighted by molar-refractivity contribution is -0.123. The smallest absolute Gasteiger partial charge is 0.290 e. The molecule has 0 bridgehead atoms. The highest BCUT2D eigenvalue weighted by Gasteiger charge is 2.09. The zero-order valence-electron chi connectivity index (χ0n) is 17.9. The molecule has 3 rings (SSSR count). The van der Waals surface area contributed by atoms with Gasteiger partial charge in [-0.3, -0.25) is 19.5 Å². The summed E-state index contributed by atoms with van der Waals surface area (Å²) >= 11 is 0. The summed E-state index contributed by atoms with van der Waals surface area (Å²) in [5.41, 5.74) is 3.08. The molecule has 31 heavy (non-hydrogen) atoms. The Morgan fingerprint density at radius 1 is 1.10 bits per heavy atom. The minimum atomic E-state index is -0.250. The van der Waals surface area contributed by atoms with E-state index in [1.54, 1.807) is 20.4 Å². The summed E-state index contributed by atoms with van der Waals surface area (Å²) in [6.45, 7) is 1.20. The fourth-order valence-corrected chi connectivity index (χ4v) is 3.08. The molecule has 0 fully saturated rings. The van der Waals surface area contributed by atoms with Crippen molar-refractivity contribution in [1.82, 2.24) is 15.2 Å². The Morgan fingerprint density at radius 3 is 2.52 bits per heavy atom. The summed E-state index contributed by atoms with van der Waals surface area (Å²) in [5.74, 6) is 1.29. The minimum Gasteiger partial charge on any atom is -0.493 e. The third-order valence-electron chi connectivity index (χ3n) is 4.47. The van der Waals surface area contributed by atoms with Gasteiger partial charge in [0.05, 0.1) is 26.3 Å². The molecule has 0 atom stereocenters. The first-order valence-corrected chi connectivity index (χ1v) is 9.58. The number of ether oxygens (including phenoxy) is 2. The van der Waals surface area contributed by atoms with Crippen LogP contribution in [0.15, 0.2) is 54.7 Å². The zero-order chi connectivity index (χ0) is 22.6. The number of amides is 1. The van der Waals surface area contributed by atoms with E-state index in [0.29, 0.717) is 31.1 Å². The van der Waals surface area contributed by atoms with E-state index >= 15 is 0 Å². The Hall–Kier alpha value is -3.65. The molecule has 0 aliphatic rings. The van der Waals surface area contributed by atoms with Crippen molar-refractivity contribution in [2.75, 3.05) is 27.8 Å². The van der Waals surface area contributed by atoms with Crippen LogP contribution in [0.4, 0.5) is 0 Å². The molecular formula is C23H27N3O5. The molecule has 0 aliphatic heterocycles. The summed E-state index contributed by atoms with van der Waals surface area (Å²) in [6, 6.07) is 15.8. The highest BCUT2D eigenvalue weighted by Crippen LogP contribution is 2.27. The Morgan fingerprint density at radius 2 is 1.81 bits per heavy atom. The van der Waals surface area contributed by atoms with E-state index < -0.39 is 0 Å². The number of likely N-dealkylation sites (N-methyl/N-ethyl adjacent to an activating group) is 1. The number of hydrogen-bond donors (Lipinski definition) is 2. The Labute approximate surface area is 181 Å². The third-order valence-corrected chi connectivity index (χ3v) is 4.47. The van der Waals surface area contributed by atoms with Gasteiger partial charge in [0.15, 0.2) is 11.5 Å². The Bertz CT molecular complexity index is 1010. The van der Waals surface area contributed by atoms with Gasteiger partial charge in [-0.25, -0.2) is 0 Å². The van der Waals surface area contributed by atoms with Crippen LogP contribution in [0.25, 0.3) is 10.9 Å². The zero-order valence-corrected chi connectivity index (χ0v) is 17.9. The number of nitrogens with one attached hydrogen (secondary N) is 1. The lowest BCUT2D eigenvalue weighted by atomic mass is 10.1. The highest BCUT2D eigenvalue weighted by atomic mass is 16.5.